The number of aromatic nitrogens is 2. The summed E-state index contributed by atoms with van der Waals surface area (Å²) in [5.41, 5.74) is 7.07. The predicted molar refractivity (Wildman–Crippen MR) is 123 cm³/mol. The summed E-state index contributed by atoms with van der Waals surface area (Å²) in [6, 6.07) is 8.21. The van der Waals surface area contributed by atoms with Crippen LogP contribution in [-0.4, -0.2) is 40.3 Å². The number of hydrogen-bond donors (Lipinski definition) is 3. The van der Waals surface area contributed by atoms with Gasteiger partial charge >= 0.3 is 12.0 Å². The summed E-state index contributed by atoms with van der Waals surface area (Å²) in [4.78, 5) is 29.1. The fraction of sp³-hybridized carbons (Fsp3) is 0.304. The molecule has 0 spiro atoms. The number of nitrogens with zero attached hydrogens (tertiary/aromatic N) is 3. The van der Waals surface area contributed by atoms with E-state index in [0.717, 1.165) is 37.3 Å². The first-order valence-corrected chi connectivity index (χ1v) is 10.5. The number of amides is 2. The number of nitrogens with two attached hydrogens (primary N) is 1. The summed E-state index contributed by atoms with van der Waals surface area (Å²) in [7, 11) is 0. The normalized spacial score (nSPS) is 10.9. The Labute approximate surface area is 190 Å². The molecule has 33 heavy (non-hydrogen) atoms. The van der Waals surface area contributed by atoms with Gasteiger partial charge in [0.2, 0.25) is 5.82 Å². The first-order chi connectivity index (χ1) is 15.7. The van der Waals surface area contributed by atoms with Crippen LogP contribution in [0.5, 0.6) is 0 Å². The molecule has 0 bridgehead atoms. The Bertz CT molecular complexity index is 1160. The van der Waals surface area contributed by atoms with Crippen LogP contribution in [0.15, 0.2) is 40.9 Å². The molecule has 3 rings (SSSR count). The third-order valence-corrected chi connectivity index (χ3v) is 4.80. The fourth-order valence-electron chi connectivity index (χ4n) is 3.48. The maximum Gasteiger partial charge on any atom is 0.338 e. The van der Waals surface area contributed by atoms with Crippen molar-refractivity contribution in [3.8, 4) is 22.8 Å². The van der Waals surface area contributed by atoms with Crippen LogP contribution in [0.2, 0.25) is 0 Å². The van der Waals surface area contributed by atoms with E-state index in [-0.39, 0.29) is 17.3 Å². The molecule has 0 radical (unpaired) electrons. The molecule has 0 saturated carbocycles. The van der Waals surface area contributed by atoms with Crippen LogP contribution in [0, 0.1) is 11.7 Å². The van der Waals surface area contributed by atoms with Crippen molar-refractivity contribution in [2.75, 3.05) is 23.3 Å². The lowest BCUT2D eigenvalue weighted by atomic mass is 10.1. The van der Waals surface area contributed by atoms with Gasteiger partial charge in [-0.15, -0.1) is 0 Å². The van der Waals surface area contributed by atoms with Gasteiger partial charge in [0, 0.05) is 24.2 Å². The molecule has 4 N–H and O–H groups in total. The molecule has 2 aromatic carbocycles. The molecule has 0 aliphatic rings. The minimum Gasteiger partial charge on any atom is -0.478 e. The number of carboxylic acids is 1. The van der Waals surface area contributed by atoms with Crippen LogP contribution in [0.3, 0.4) is 0 Å². The molecular formula is C23H26FN5O4. The molecule has 174 valence electrons. The van der Waals surface area contributed by atoms with Gasteiger partial charge in [-0.1, -0.05) is 25.9 Å². The van der Waals surface area contributed by atoms with Gasteiger partial charge in [0.15, 0.2) is 0 Å². The first kappa shape index (κ1) is 23.7. The Kier molecular flexibility index (Phi) is 7.27. The van der Waals surface area contributed by atoms with Gasteiger partial charge in [-0.2, -0.15) is 4.98 Å². The van der Waals surface area contributed by atoms with E-state index in [9.17, 15) is 14.0 Å². The van der Waals surface area contributed by atoms with Crippen molar-refractivity contribution in [1.29, 1.82) is 0 Å². The van der Waals surface area contributed by atoms with Crippen molar-refractivity contribution in [2.45, 2.75) is 27.2 Å². The van der Waals surface area contributed by atoms with E-state index >= 15 is 0 Å². The smallest absolute Gasteiger partial charge is 0.338 e. The molecular weight excluding hydrogens is 429 g/mol. The Morgan fingerprint density at radius 1 is 1.21 bits per heavy atom. The van der Waals surface area contributed by atoms with Gasteiger partial charge in [-0.05, 0) is 48.7 Å². The van der Waals surface area contributed by atoms with Crippen molar-refractivity contribution in [2.24, 2.45) is 11.7 Å². The van der Waals surface area contributed by atoms with Gasteiger partial charge in [0.05, 0.1) is 16.9 Å². The number of urea groups is 1. The minimum absolute atomic E-state index is 0.0988. The fourth-order valence-corrected chi connectivity index (χ4v) is 3.48. The van der Waals surface area contributed by atoms with Gasteiger partial charge in [-0.25, -0.2) is 14.0 Å². The van der Waals surface area contributed by atoms with Crippen LogP contribution < -0.4 is 16.0 Å². The monoisotopic (exact) mass is 455 g/mol. The number of hydrogen-bond acceptors (Lipinski definition) is 6. The van der Waals surface area contributed by atoms with Gasteiger partial charge in [-0.3, -0.25) is 0 Å². The predicted octanol–water partition coefficient (Wildman–Crippen LogP) is 4.60. The molecule has 0 atom stereocenters. The summed E-state index contributed by atoms with van der Waals surface area (Å²) in [6.45, 7) is 7.90. The third-order valence-electron chi connectivity index (χ3n) is 4.80. The quantitative estimate of drug-likeness (QED) is 0.429. The molecule has 1 heterocycles. The second-order valence-electron chi connectivity index (χ2n) is 7.98. The second kappa shape index (κ2) is 10.1. The molecule has 10 heteroatoms. The first-order valence-electron chi connectivity index (χ1n) is 10.5. The van der Waals surface area contributed by atoms with Crippen LogP contribution >= 0.6 is 0 Å². The highest BCUT2D eigenvalue weighted by molar-refractivity contribution is 5.93. The Morgan fingerprint density at radius 2 is 1.94 bits per heavy atom. The maximum absolute atomic E-state index is 14.0. The number of rotatable bonds is 9. The van der Waals surface area contributed by atoms with E-state index in [4.69, 9.17) is 15.4 Å². The summed E-state index contributed by atoms with van der Waals surface area (Å²) >= 11 is 0. The Balaban J connectivity index is 1.97. The van der Waals surface area contributed by atoms with Crippen LogP contribution in [0.25, 0.3) is 22.8 Å². The van der Waals surface area contributed by atoms with Crippen LogP contribution in [-0.2, 0) is 0 Å². The van der Waals surface area contributed by atoms with E-state index in [1.54, 1.807) is 12.1 Å². The molecule has 0 aliphatic carbocycles. The van der Waals surface area contributed by atoms with Crippen LogP contribution in [0.1, 0.15) is 37.6 Å². The molecule has 3 aromatic rings. The number of benzene rings is 2. The SMILES string of the molecule is CCCN(CC(C)C)c1ccc(-c2nc(-c3ccc(C(=O)O)c(F)c3)no2)cc1NC(N)=O. The van der Waals surface area contributed by atoms with E-state index in [0.29, 0.717) is 17.2 Å². The number of primary amides is 1. The zero-order valence-electron chi connectivity index (χ0n) is 18.6. The van der Waals surface area contributed by atoms with E-state index in [2.05, 4.69) is 41.1 Å². The average molecular weight is 455 g/mol. The number of aromatic carboxylic acids is 1. The molecule has 1 aromatic heterocycles. The highest BCUT2D eigenvalue weighted by Gasteiger charge is 2.18. The summed E-state index contributed by atoms with van der Waals surface area (Å²) in [5.74, 6) is -1.61. The number of carbonyl (C=O) groups excluding carboxylic acids is 1. The van der Waals surface area contributed by atoms with Crippen molar-refractivity contribution >= 4 is 23.4 Å². The lowest BCUT2D eigenvalue weighted by Gasteiger charge is -2.28. The van der Waals surface area contributed by atoms with E-state index in [1.165, 1.54) is 6.07 Å². The second-order valence-corrected chi connectivity index (χ2v) is 7.98. The molecule has 0 aliphatic heterocycles. The number of nitrogens with one attached hydrogen (secondary N) is 1. The highest BCUT2D eigenvalue weighted by atomic mass is 19.1. The molecule has 0 unspecified atom stereocenters. The van der Waals surface area contributed by atoms with E-state index in [1.807, 2.05) is 6.07 Å². The Morgan fingerprint density at radius 3 is 2.55 bits per heavy atom. The van der Waals surface area contributed by atoms with Crippen molar-refractivity contribution < 1.29 is 23.6 Å². The van der Waals surface area contributed by atoms with Crippen molar-refractivity contribution in [3.05, 3.63) is 47.8 Å². The highest BCUT2D eigenvalue weighted by Crippen LogP contribution is 2.33. The van der Waals surface area contributed by atoms with E-state index < -0.39 is 23.4 Å². The molecule has 0 fully saturated rings. The lowest BCUT2D eigenvalue weighted by Crippen LogP contribution is -2.30. The number of halogens is 1. The average Bonchev–Trinajstić information content (AvgIpc) is 3.22. The Hall–Kier alpha value is -3.95. The zero-order chi connectivity index (χ0) is 24.1. The van der Waals surface area contributed by atoms with Crippen molar-refractivity contribution in [3.63, 3.8) is 0 Å². The van der Waals surface area contributed by atoms with Gasteiger partial charge in [0.1, 0.15) is 5.82 Å². The minimum atomic E-state index is -1.36. The molecule has 0 saturated heterocycles. The maximum atomic E-state index is 14.0. The number of anilines is 2. The summed E-state index contributed by atoms with van der Waals surface area (Å²) in [6.07, 6.45) is 0.925. The van der Waals surface area contributed by atoms with Gasteiger partial charge < -0.3 is 25.6 Å². The third kappa shape index (κ3) is 5.65. The largest absolute Gasteiger partial charge is 0.478 e. The standard InChI is InChI=1S/C23H26FN5O4/c1-4-9-29(12-13(2)3)19-8-6-15(11-18(19)26-23(25)32)21-27-20(28-33-21)14-5-7-16(22(30)31)17(24)10-14/h5-8,10-11,13H,4,9,12H2,1-3H3,(H,30,31)(H3,25,26,32). The van der Waals surface area contributed by atoms with Crippen LogP contribution in [0.4, 0.5) is 20.6 Å². The zero-order valence-corrected chi connectivity index (χ0v) is 18.6. The summed E-state index contributed by atoms with van der Waals surface area (Å²) < 4.78 is 19.4. The number of carbonyl (C=O) groups is 2. The summed E-state index contributed by atoms with van der Waals surface area (Å²) in [5, 5.41) is 15.5. The topological polar surface area (TPSA) is 135 Å². The molecule has 2 amide bonds. The molecule has 9 nitrogen and oxygen atoms in total. The number of carboxylic acid groups (broad SMARTS) is 1. The lowest BCUT2D eigenvalue weighted by molar-refractivity contribution is 0.0692. The van der Waals surface area contributed by atoms with Gasteiger partial charge in [0.25, 0.3) is 5.89 Å². The van der Waals surface area contributed by atoms with Crippen molar-refractivity contribution in [1.82, 2.24) is 10.1 Å².